The van der Waals surface area contributed by atoms with E-state index in [-0.39, 0.29) is 0 Å². The van der Waals surface area contributed by atoms with Gasteiger partial charge in [0.15, 0.2) is 17.5 Å². The second-order valence-corrected chi connectivity index (χ2v) is 7.30. The molecule has 2 aromatic rings. The molecule has 2 heterocycles. The summed E-state index contributed by atoms with van der Waals surface area (Å²) in [5, 5.41) is 6.71. The SMILES string of the molecule is CCNC(=NCc1cc(OC)c(OC)c(OC)c1)NCc1ccnc(N2CCCC2)c1. The van der Waals surface area contributed by atoms with Gasteiger partial charge in [0, 0.05) is 32.4 Å². The Morgan fingerprint density at radius 1 is 1.00 bits per heavy atom. The average Bonchev–Trinajstić information content (AvgIpc) is 3.35. The summed E-state index contributed by atoms with van der Waals surface area (Å²) in [5.74, 6) is 3.62. The number of ether oxygens (including phenoxy) is 3. The van der Waals surface area contributed by atoms with Crippen molar-refractivity contribution < 1.29 is 14.2 Å². The summed E-state index contributed by atoms with van der Waals surface area (Å²) < 4.78 is 16.3. The predicted molar refractivity (Wildman–Crippen MR) is 123 cm³/mol. The summed E-state index contributed by atoms with van der Waals surface area (Å²) in [7, 11) is 4.82. The maximum Gasteiger partial charge on any atom is 0.203 e. The standard InChI is InChI=1S/C23H33N5O3/c1-5-24-23(26-15-17-8-9-25-21(14-17)28-10-6-7-11-28)27-16-18-12-19(29-2)22(31-4)20(13-18)30-3/h8-9,12-14H,5-7,10-11,15-16H2,1-4H3,(H2,24,26,27). The normalized spacial score (nSPS) is 13.8. The van der Waals surface area contributed by atoms with Crippen LogP contribution in [0.2, 0.25) is 0 Å². The molecule has 0 unspecified atom stereocenters. The van der Waals surface area contributed by atoms with E-state index in [0.29, 0.717) is 30.3 Å². The number of nitrogens with one attached hydrogen (secondary N) is 2. The van der Waals surface area contributed by atoms with Gasteiger partial charge in [-0.15, -0.1) is 0 Å². The first-order valence-corrected chi connectivity index (χ1v) is 10.7. The van der Waals surface area contributed by atoms with Crippen molar-refractivity contribution in [2.24, 2.45) is 4.99 Å². The largest absolute Gasteiger partial charge is 0.493 e. The maximum absolute atomic E-state index is 5.44. The molecular formula is C23H33N5O3. The van der Waals surface area contributed by atoms with Crippen LogP contribution in [-0.2, 0) is 13.1 Å². The Morgan fingerprint density at radius 3 is 2.32 bits per heavy atom. The zero-order valence-corrected chi connectivity index (χ0v) is 18.9. The molecule has 1 aliphatic rings. The third-order valence-corrected chi connectivity index (χ3v) is 5.19. The summed E-state index contributed by atoms with van der Waals surface area (Å²) in [6.45, 7) is 6.14. The Labute approximate surface area is 184 Å². The van der Waals surface area contributed by atoms with Crippen molar-refractivity contribution in [3.8, 4) is 17.2 Å². The Morgan fingerprint density at radius 2 is 1.71 bits per heavy atom. The fourth-order valence-electron chi connectivity index (χ4n) is 3.61. The number of hydrogen-bond donors (Lipinski definition) is 2. The molecule has 2 N–H and O–H groups in total. The van der Waals surface area contributed by atoms with Gasteiger partial charge < -0.3 is 29.7 Å². The molecule has 0 bridgehead atoms. The minimum atomic E-state index is 0.474. The number of hydrogen-bond acceptors (Lipinski definition) is 6. The van der Waals surface area contributed by atoms with Crippen molar-refractivity contribution >= 4 is 11.8 Å². The Bertz CT molecular complexity index is 856. The van der Waals surface area contributed by atoms with Gasteiger partial charge in [-0.25, -0.2) is 9.98 Å². The quantitative estimate of drug-likeness (QED) is 0.470. The third-order valence-electron chi connectivity index (χ3n) is 5.19. The van der Waals surface area contributed by atoms with E-state index >= 15 is 0 Å². The number of aromatic nitrogens is 1. The third kappa shape index (κ3) is 5.93. The first-order chi connectivity index (χ1) is 15.2. The van der Waals surface area contributed by atoms with Crippen LogP contribution in [0.1, 0.15) is 30.9 Å². The van der Waals surface area contributed by atoms with Gasteiger partial charge in [-0.2, -0.15) is 0 Å². The molecule has 1 aliphatic heterocycles. The van der Waals surface area contributed by atoms with Crippen molar-refractivity contribution in [1.29, 1.82) is 0 Å². The van der Waals surface area contributed by atoms with Gasteiger partial charge in [-0.1, -0.05) is 0 Å². The molecule has 0 atom stereocenters. The Kier molecular flexibility index (Phi) is 8.20. The zero-order valence-electron chi connectivity index (χ0n) is 18.9. The van der Waals surface area contributed by atoms with Crippen LogP contribution in [-0.4, -0.2) is 51.9 Å². The van der Waals surface area contributed by atoms with Crippen LogP contribution in [0.4, 0.5) is 5.82 Å². The predicted octanol–water partition coefficient (Wildman–Crippen LogP) is 2.96. The number of methoxy groups -OCH3 is 3. The molecule has 0 radical (unpaired) electrons. The first-order valence-electron chi connectivity index (χ1n) is 10.7. The topological polar surface area (TPSA) is 80.2 Å². The van der Waals surface area contributed by atoms with Crippen molar-refractivity contribution in [3.63, 3.8) is 0 Å². The molecule has 168 valence electrons. The molecular weight excluding hydrogens is 394 g/mol. The van der Waals surface area contributed by atoms with Crippen LogP contribution in [0.15, 0.2) is 35.5 Å². The fourth-order valence-corrected chi connectivity index (χ4v) is 3.61. The van der Waals surface area contributed by atoms with Crippen LogP contribution >= 0.6 is 0 Å². The number of rotatable bonds is 9. The monoisotopic (exact) mass is 427 g/mol. The lowest BCUT2D eigenvalue weighted by Crippen LogP contribution is -2.36. The van der Waals surface area contributed by atoms with E-state index in [9.17, 15) is 0 Å². The van der Waals surface area contributed by atoms with E-state index < -0.39 is 0 Å². The van der Waals surface area contributed by atoms with E-state index in [1.54, 1.807) is 21.3 Å². The van der Waals surface area contributed by atoms with Crippen LogP contribution < -0.4 is 29.7 Å². The highest BCUT2D eigenvalue weighted by molar-refractivity contribution is 5.79. The van der Waals surface area contributed by atoms with Crippen molar-refractivity contribution in [2.45, 2.75) is 32.9 Å². The number of anilines is 1. The molecule has 1 saturated heterocycles. The summed E-state index contributed by atoms with van der Waals surface area (Å²) in [6, 6.07) is 8.02. The van der Waals surface area contributed by atoms with Gasteiger partial charge >= 0.3 is 0 Å². The molecule has 8 nitrogen and oxygen atoms in total. The highest BCUT2D eigenvalue weighted by Gasteiger charge is 2.14. The second kappa shape index (κ2) is 11.3. The van der Waals surface area contributed by atoms with Crippen LogP contribution in [0, 0.1) is 0 Å². The van der Waals surface area contributed by atoms with E-state index in [2.05, 4.69) is 33.5 Å². The number of nitrogens with zero attached hydrogens (tertiary/aromatic N) is 3. The highest BCUT2D eigenvalue weighted by atomic mass is 16.5. The van der Waals surface area contributed by atoms with Gasteiger partial charge in [0.2, 0.25) is 5.75 Å². The smallest absolute Gasteiger partial charge is 0.203 e. The molecule has 0 aliphatic carbocycles. The minimum Gasteiger partial charge on any atom is -0.493 e. The lowest BCUT2D eigenvalue weighted by atomic mass is 10.2. The summed E-state index contributed by atoms with van der Waals surface area (Å²) in [6.07, 6.45) is 4.36. The van der Waals surface area contributed by atoms with E-state index in [1.165, 1.54) is 18.4 Å². The van der Waals surface area contributed by atoms with Gasteiger partial charge in [0.25, 0.3) is 0 Å². The summed E-state index contributed by atoms with van der Waals surface area (Å²) in [5.41, 5.74) is 2.14. The fraction of sp³-hybridized carbons (Fsp3) is 0.478. The molecule has 1 aromatic carbocycles. The van der Waals surface area contributed by atoms with Crippen LogP contribution in [0.3, 0.4) is 0 Å². The number of benzene rings is 1. The van der Waals surface area contributed by atoms with Crippen molar-refractivity contribution in [3.05, 3.63) is 41.6 Å². The zero-order chi connectivity index (χ0) is 22.1. The minimum absolute atomic E-state index is 0.474. The van der Waals surface area contributed by atoms with Crippen LogP contribution in [0.25, 0.3) is 0 Å². The lowest BCUT2D eigenvalue weighted by molar-refractivity contribution is 0.324. The average molecular weight is 428 g/mol. The second-order valence-electron chi connectivity index (χ2n) is 7.30. The molecule has 0 saturated carbocycles. The maximum atomic E-state index is 5.44. The Hall–Kier alpha value is -3.16. The van der Waals surface area contributed by atoms with Crippen LogP contribution in [0.5, 0.6) is 17.2 Å². The molecule has 1 aromatic heterocycles. The van der Waals surface area contributed by atoms with E-state index in [1.807, 2.05) is 24.4 Å². The molecule has 1 fully saturated rings. The number of guanidine groups is 1. The van der Waals surface area contributed by atoms with Crippen molar-refractivity contribution in [2.75, 3.05) is 45.9 Å². The van der Waals surface area contributed by atoms with E-state index in [0.717, 1.165) is 37.0 Å². The van der Waals surface area contributed by atoms with Gasteiger partial charge in [0.1, 0.15) is 5.82 Å². The lowest BCUT2D eigenvalue weighted by Gasteiger charge is -2.17. The van der Waals surface area contributed by atoms with E-state index in [4.69, 9.17) is 19.2 Å². The molecule has 3 rings (SSSR count). The van der Waals surface area contributed by atoms with Gasteiger partial charge in [-0.3, -0.25) is 0 Å². The summed E-state index contributed by atoms with van der Waals surface area (Å²) in [4.78, 5) is 11.6. The molecule has 0 spiro atoms. The Balaban J connectivity index is 1.69. The van der Waals surface area contributed by atoms with Gasteiger partial charge in [0.05, 0.1) is 27.9 Å². The van der Waals surface area contributed by atoms with Crippen molar-refractivity contribution in [1.82, 2.24) is 15.6 Å². The summed E-state index contributed by atoms with van der Waals surface area (Å²) >= 11 is 0. The molecule has 8 heteroatoms. The number of aliphatic imine (C=N–C) groups is 1. The van der Waals surface area contributed by atoms with Gasteiger partial charge in [-0.05, 0) is 55.2 Å². The highest BCUT2D eigenvalue weighted by Crippen LogP contribution is 2.38. The first kappa shape index (κ1) is 22.5. The molecule has 31 heavy (non-hydrogen) atoms. The molecule has 0 amide bonds. The number of pyridine rings is 1.